The van der Waals surface area contributed by atoms with Gasteiger partial charge in [0.15, 0.2) is 6.54 Å². The predicted molar refractivity (Wildman–Crippen MR) is 75.9 cm³/mol. The molecule has 3 nitrogen and oxygen atoms in total. The number of carbonyl (C=O) groups excluding carboxylic acids is 1. The fraction of sp³-hybridized carbons (Fsp3) is 0.938. The van der Waals surface area contributed by atoms with E-state index in [0.29, 0.717) is 12.0 Å². The van der Waals surface area contributed by atoms with Crippen LogP contribution in [0.2, 0.25) is 0 Å². The second-order valence-corrected chi connectivity index (χ2v) is 7.90. The third-order valence-corrected chi connectivity index (χ3v) is 5.66. The first-order valence-corrected chi connectivity index (χ1v) is 8.10. The molecule has 4 fully saturated rings. The molecule has 0 saturated heterocycles. The largest absolute Gasteiger partial charge is 0.351 e. The Kier molecular flexibility index (Phi) is 3.59. The molecule has 0 aromatic carbocycles. The van der Waals surface area contributed by atoms with Crippen LogP contribution in [0.1, 0.15) is 44.9 Å². The van der Waals surface area contributed by atoms with Crippen molar-refractivity contribution in [3.8, 4) is 0 Å². The zero-order valence-electron chi connectivity index (χ0n) is 12.5. The zero-order valence-corrected chi connectivity index (χ0v) is 12.5. The summed E-state index contributed by atoms with van der Waals surface area (Å²) < 4.78 is 0. The summed E-state index contributed by atoms with van der Waals surface area (Å²) in [6.45, 7) is 1.50. The SMILES string of the molecule is C[NH+](C)CC(=O)NCCC12CC3CC(CC(C3)C1)C2. The highest BCUT2D eigenvalue weighted by molar-refractivity contribution is 5.76. The van der Waals surface area contributed by atoms with Crippen LogP contribution in [0.3, 0.4) is 0 Å². The summed E-state index contributed by atoms with van der Waals surface area (Å²) in [5, 5.41) is 3.13. The average molecular weight is 265 g/mol. The van der Waals surface area contributed by atoms with Crippen LogP contribution in [0.15, 0.2) is 0 Å². The molecule has 4 saturated carbocycles. The predicted octanol–water partition coefficient (Wildman–Crippen LogP) is 0.854. The summed E-state index contributed by atoms with van der Waals surface area (Å²) in [6, 6.07) is 0. The number of nitrogens with one attached hydrogen (secondary N) is 2. The molecule has 4 aliphatic carbocycles. The van der Waals surface area contributed by atoms with Gasteiger partial charge in [-0.25, -0.2) is 0 Å². The van der Waals surface area contributed by atoms with Crippen LogP contribution in [0.25, 0.3) is 0 Å². The van der Waals surface area contributed by atoms with Crippen molar-refractivity contribution in [2.45, 2.75) is 44.9 Å². The number of hydrogen-bond donors (Lipinski definition) is 2. The molecule has 4 aliphatic rings. The topological polar surface area (TPSA) is 33.5 Å². The average Bonchev–Trinajstić information content (AvgIpc) is 2.25. The van der Waals surface area contributed by atoms with Crippen molar-refractivity contribution in [2.24, 2.45) is 23.2 Å². The Bertz CT molecular complexity index is 315. The van der Waals surface area contributed by atoms with Crippen LogP contribution >= 0.6 is 0 Å². The first-order valence-electron chi connectivity index (χ1n) is 8.10. The van der Waals surface area contributed by atoms with E-state index < -0.39 is 0 Å². The molecule has 0 radical (unpaired) electrons. The van der Waals surface area contributed by atoms with Gasteiger partial charge in [-0.05, 0) is 68.1 Å². The summed E-state index contributed by atoms with van der Waals surface area (Å²) in [5.41, 5.74) is 0.604. The van der Waals surface area contributed by atoms with Gasteiger partial charge in [0.25, 0.3) is 5.91 Å². The highest BCUT2D eigenvalue weighted by Crippen LogP contribution is 2.61. The van der Waals surface area contributed by atoms with Crippen molar-refractivity contribution in [3.05, 3.63) is 0 Å². The van der Waals surface area contributed by atoms with Crippen LogP contribution in [0.4, 0.5) is 0 Å². The first-order chi connectivity index (χ1) is 9.05. The minimum Gasteiger partial charge on any atom is -0.351 e. The van der Waals surface area contributed by atoms with E-state index in [1.54, 1.807) is 0 Å². The molecule has 0 heterocycles. The molecule has 0 spiro atoms. The number of carbonyl (C=O) groups is 1. The summed E-state index contributed by atoms with van der Waals surface area (Å²) >= 11 is 0. The second-order valence-electron chi connectivity index (χ2n) is 7.90. The van der Waals surface area contributed by atoms with Gasteiger partial charge in [0.2, 0.25) is 0 Å². The molecule has 0 aromatic rings. The van der Waals surface area contributed by atoms with Gasteiger partial charge in [-0.15, -0.1) is 0 Å². The second kappa shape index (κ2) is 5.08. The van der Waals surface area contributed by atoms with Gasteiger partial charge < -0.3 is 10.2 Å². The molecule has 0 aliphatic heterocycles. The van der Waals surface area contributed by atoms with Crippen molar-refractivity contribution in [2.75, 3.05) is 27.2 Å². The molecule has 3 heteroatoms. The van der Waals surface area contributed by atoms with Gasteiger partial charge in [-0.1, -0.05) is 0 Å². The minimum atomic E-state index is 0.213. The lowest BCUT2D eigenvalue weighted by molar-refractivity contribution is -0.849. The van der Waals surface area contributed by atoms with Gasteiger partial charge >= 0.3 is 0 Å². The molecule has 4 bridgehead atoms. The fourth-order valence-electron chi connectivity index (χ4n) is 5.45. The van der Waals surface area contributed by atoms with Gasteiger partial charge in [-0.2, -0.15) is 0 Å². The van der Waals surface area contributed by atoms with Crippen molar-refractivity contribution in [3.63, 3.8) is 0 Å². The van der Waals surface area contributed by atoms with E-state index in [-0.39, 0.29) is 5.91 Å². The Morgan fingerprint density at radius 1 is 1.11 bits per heavy atom. The molecular formula is C16H29N2O+. The minimum absolute atomic E-state index is 0.213. The van der Waals surface area contributed by atoms with E-state index in [2.05, 4.69) is 5.32 Å². The van der Waals surface area contributed by atoms with Gasteiger partial charge in [0.1, 0.15) is 0 Å². The normalized spacial score (nSPS) is 39.8. The summed E-state index contributed by atoms with van der Waals surface area (Å²) in [6.07, 6.45) is 10.1. The Morgan fingerprint density at radius 2 is 1.63 bits per heavy atom. The molecule has 108 valence electrons. The summed E-state index contributed by atoms with van der Waals surface area (Å²) in [7, 11) is 4.05. The van der Waals surface area contributed by atoms with Crippen molar-refractivity contribution >= 4 is 5.91 Å². The van der Waals surface area contributed by atoms with Gasteiger partial charge in [0, 0.05) is 6.54 Å². The maximum absolute atomic E-state index is 11.7. The molecule has 0 atom stereocenters. The quantitative estimate of drug-likeness (QED) is 0.759. The van der Waals surface area contributed by atoms with Crippen LogP contribution < -0.4 is 10.2 Å². The van der Waals surface area contributed by atoms with Crippen molar-refractivity contribution in [1.29, 1.82) is 0 Å². The number of amides is 1. The van der Waals surface area contributed by atoms with E-state index >= 15 is 0 Å². The van der Waals surface area contributed by atoms with Crippen LogP contribution in [0, 0.1) is 23.2 Å². The van der Waals surface area contributed by atoms with E-state index in [4.69, 9.17) is 0 Å². The number of quaternary nitrogens is 1. The highest BCUT2D eigenvalue weighted by Gasteiger charge is 2.50. The fourth-order valence-corrected chi connectivity index (χ4v) is 5.45. The molecule has 1 amide bonds. The molecular weight excluding hydrogens is 236 g/mol. The molecule has 0 aromatic heterocycles. The lowest BCUT2D eigenvalue weighted by Gasteiger charge is -2.57. The molecule has 19 heavy (non-hydrogen) atoms. The summed E-state index contributed by atoms with van der Waals surface area (Å²) in [4.78, 5) is 12.9. The monoisotopic (exact) mass is 265 g/mol. The van der Waals surface area contributed by atoms with Crippen LogP contribution in [0.5, 0.6) is 0 Å². The number of likely N-dealkylation sites (N-methyl/N-ethyl adjacent to an activating group) is 1. The Labute approximate surface area is 117 Å². The van der Waals surface area contributed by atoms with Crippen molar-refractivity contribution in [1.82, 2.24) is 5.32 Å². The lowest BCUT2D eigenvalue weighted by Crippen LogP contribution is -3.07. The maximum Gasteiger partial charge on any atom is 0.275 e. The Morgan fingerprint density at radius 3 is 2.11 bits per heavy atom. The summed E-state index contributed by atoms with van der Waals surface area (Å²) in [5.74, 6) is 3.28. The third-order valence-electron chi connectivity index (χ3n) is 5.66. The van der Waals surface area contributed by atoms with Crippen molar-refractivity contribution < 1.29 is 9.69 Å². The van der Waals surface area contributed by atoms with Gasteiger partial charge in [-0.3, -0.25) is 4.79 Å². The number of hydrogen-bond acceptors (Lipinski definition) is 1. The third kappa shape index (κ3) is 2.96. The maximum atomic E-state index is 11.7. The molecule has 4 rings (SSSR count). The highest BCUT2D eigenvalue weighted by atomic mass is 16.1. The van der Waals surface area contributed by atoms with E-state index in [1.807, 2.05) is 14.1 Å². The smallest absolute Gasteiger partial charge is 0.275 e. The number of rotatable bonds is 5. The van der Waals surface area contributed by atoms with E-state index in [0.717, 1.165) is 24.3 Å². The molecule has 2 N–H and O–H groups in total. The van der Waals surface area contributed by atoms with Gasteiger partial charge in [0.05, 0.1) is 14.1 Å². The van der Waals surface area contributed by atoms with E-state index in [1.165, 1.54) is 49.8 Å². The van der Waals surface area contributed by atoms with Crippen LogP contribution in [-0.2, 0) is 4.79 Å². The van der Waals surface area contributed by atoms with E-state index in [9.17, 15) is 4.79 Å². The Balaban J connectivity index is 1.49. The van der Waals surface area contributed by atoms with Crippen LogP contribution in [-0.4, -0.2) is 33.1 Å². The first kappa shape index (κ1) is 13.4. The standard InChI is InChI=1S/C16H28N2O/c1-18(2)11-15(19)17-4-3-16-8-12-5-13(9-16)7-14(6-12)10-16/h12-14H,3-11H2,1-2H3,(H,17,19)/p+1. The molecule has 0 unspecified atom stereocenters. The zero-order chi connectivity index (χ0) is 13.5. The lowest BCUT2D eigenvalue weighted by atomic mass is 9.49. The Hall–Kier alpha value is -0.570.